The molecule has 2 amide bonds. The fourth-order valence-corrected chi connectivity index (χ4v) is 5.52. The molecule has 0 radical (unpaired) electrons. The van der Waals surface area contributed by atoms with Gasteiger partial charge >= 0.3 is 0 Å². The second kappa shape index (κ2) is 9.41. The minimum absolute atomic E-state index is 0.0290. The molecule has 1 aromatic carbocycles. The molecule has 156 valence electrons. The van der Waals surface area contributed by atoms with Gasteiger partial charge in [0.2, 0.25) is 11.8 Å². The Morgan fingerprint density at radius 2 is 1.83 bits per heavy atom. The number of rotatable bonds is 5. The van der Waals surface area contributed by atoms with Crippen molar-refractivity contribution in [3.8, 4) is 6.07 Å². The highest BCUT2D eigenvalue weighted by Gasteiger charge is 2.27. The molecule has 1 aromatic heterocycles. The second-order valence-electron chi connectivity index (χ2n) is 7.98. The number of amides is 2. The smallest absolute Gasteiger partial charge is 0.239 e. The monoisotopic (exact) mass is 422 g/mol. The number of likely N-dealkylation sites (tertiary alicyclic amines) is 1. The van der Waals surface area contributed by atoms with Gasteiger partial charge in [-0.3, -0.25) is 14.5 Å². The van der Waals surface area contributed by atoms with E-state index in [1.807, 2.05) is 30.3 Å². The van der Waals surface area contributed by atoms with Crippen molar-refractivity contribution in [3.05, 3.63) is 46.3 Å². The molecule has 1 aliphatic heterocycles. The predicted octanol–water partition coefficient (Wildman–Crippen LogP) is 3.79. The van der Waals surface area contributed by atoms with Crippen molar-refractivity contribution >= 4 is 33.8 Å². The van der Waals surface area contributed by atoms with Gasteiger partial charge in [0.1, 0.15) is 11.1 Å². The molecular formula is C23H26N4O2S. The maximum atomic E-state index is 12.6. The average molecular weight is 423 g/mol. The maximum absolute atomic E-state index is 12.6. The van der Waals surface area contributed by atoms with Gasteiger partial charge in [0.25, 0.3) is 0 Å². The molecule has 30 heavy (non-hydrogen) atoms. The van der Waals surface area contributed by atoms with E-state index in [1.54, 1.807) is 11.3 Å². The first-order chi connectivity index (χ1) is 14.6. The summed E-state index contributed by atoms with van der Waals surface area (Å²) in [5.74, 6) is -0.0656. The summed E-state index contributed by atoms with van der Waals surface area (Å²) in [6.45, 7) is 1.72. The summed E-state index contributed by atoms with van der Waals surface area (Å²) in [5, 5.41) is 16.2. The predicted molar refractivity (Wildman–Crippen MR) is 119 cm³/mol. The number of nitriles is 1. The lowest BCUT2D eigenvalue weighted by Crippen LogP contribution is -2.41. The number of thiophene rings is 1. The lowest BCUT2D eigenvalue weighted by molar-refractivity contribution is -0.121. The van der Waals surface area contributed by atoms with E-state index in [9.17, 15) is 14.9 Å². The zero-order chi connectivity index (χ0) is 20.9. The number of piperidine rings is 1. The summed E-state index contributed by atoms with van der Waals surface area (Å²) in [6, 6.07) is 11.8. The van der Waals surface area contributed by atoms with Crippen LogP contribution in [0.2, 0.25) is 0 Å². The molecule has 6 nitrogen and oxygen atoms in total. The number of benzene rings is 1. The Balaban J connectivity index is 1.27. The largest absolute Gasteiger partial charge is 0.326 e. The maximum Gasteiger partial charge on any atom is 0.239 e. The SMILES string of the molecule is N#Cc1c(NC(=O)CN2CCC(C(=O)Nc3ccccc3)CC2)sc2c1CCCC2. The molecule has 0 bridgehead atoms. The molecule has 0 unspecified atom stereocenters. The van der Waals surface area contributed by atoms with Gasteiger partial charge in [0.15, 0.2) is 0 Å². The summed E-state index contributed by atoms with van der Waals surface area (Å²) in [7, 11) is 0. The van der Waals surface area contributed by atoms with E-state index in [4.69, 9.17) is 0 Å². The zero-order valence-corrected chi connectivity index (χ0v) is 17.8. The molecule has 2 N–H and O–H groups in total. The zero-order valence-electron chi connectivity index (χ0n) is 16.9. The van der Waals surface area contributed by atoms with Crippen LogP contribution in [-0.4, -0.2) is 36.3 Å². The third-order valence-electron chi connectivity index (χ3n) is 5.90. The molecule has 2 aliphatic rings. The molecule has 0 atom stereocenters. The Labute approximate surface area is 180 Å². The quantitative estimate of drug-likeness (QED) is 0.768. The minimum atomic E-state index is -0.0858. The van der Waals surface area contributed by atoms with Crippen LogP contribution in [0.5, 0.6) is 0 Å². The summed E-state index contributed by atoms with van der Waals surface area (Å²) in [4.78, 5) is 28.4. The standard InChI is InChI=1S/C23H26N4O2S/c24-14-19-18-8-4-5-9-20(18)30-23(19)26-21(28)15-27-12-10-16(11-13-27)22(29)25-17-6-2-1-3-7-17/h1-3,6-7,16H,4-5,8-13,15H2,(H,25,29)(H,26,28). The van der Waals surface area contributed by atoms with Gasteiger partial charge in [-0.1, -0.05) is 18.2 Å². The molecular weight excluding hydrogens is 396 g/mol. The van der Waals surface area contributed by atoms with Crippen LogP contribution in [0.4, 0.5) is 10.7 Å². The minimum Gasteiger partial charge on any atom is -0.326 e. The number of hydrogen-bond donors (Lipinski definition) is 2. The Kier molecular flexibility index (Phi) is 6.46. The molecule has 1 fully saturated rings. The van der Waals surface area contributed by atoms with E-state index < -0.39 is 0 Å². The van der Waals surface area contributed by atoms with E-state index in [0.29, 0.717) is 30.2 Å². The summed E-state index contributed by atoms with van der Waals surface area (Å²) >= 11 is 1.56. The fraction of sp³-hybridized carbons (Fsp3) is 0.435. The number of fused-ring (bicyclic) bond motifs is 1. The molecule has 2 heterocycles. The normalized spacial score (nSPS) is 17.0. The van der Waals surface area contributed by atoms with Gasteiger partial charge in [-0.25, -0.2) is 0 Å². The van der Waals surface area contributed by atoms with E-state index in [-0.39, 0.29) is 17.7 Å². The van der Waals surface area contributed by atoms with Crippen LogP contribution < -0.4 is 10.6 Å². The number of carbonyl (C=O) groups is 2. The van der Waals surface area contributed by atoms with Gasteiger partial charge in [-0.05, 0) is 69.3 Å². The summed E-state index contributed by atoms with van der Waals surface area (Å²) in [6.07, 6.45) is 5.68. The van der Waals surface area contributed by atoms with Crippen molar-refractivity contribution < 1.29 is 9.59 Å². The highest BCUT2D eigenvalue weighted by molar-refractivity contribution is 7.16. The first-order valence-electron chi connectivity index (χ1n) is 10.6. The van der Waals surface area contributed by atoms with Gasteiger partial charge in [0.05, 0.1) is 12.1 Å². The molecule has 4 rings (SSSR count). The summed E-state index contributed by atoms with van der Waals surface area (Å²) in [5.41, 5.74) is 2.60. The molecule has 0 saturated carbocycles. The number of nitrogens with one attached hydrogen (secondary N) is 2. The van der Waals surface area contributed by atoms with Crippen LogP contribution in [0.25, 0.3) is 0 Å². The first-order valence-corrected chi connectivity index (χ1v) is 11.4. The van der Waals surface area contributed by atoms with Crippen molar-refractivity contribution in [2.45, 2.75) is 38.5 Å². The van der Waals surface area contributed by atoms with Crippen molar-refractivity contribution in [1.82, 2.24) is 4.90 Å². The van der Waals surface area contributed by atoms with Crippen LogP contribution in [-0.2, 0) is 22.4 Å². The van der Waals surface area contributed by atoms with Crippen molar-refractivity contribution in [2.24, 2.45) is 5.92 Å². The molecule has 1 saturated heterocycles. The average Bonchev–Trinajstić information content (AvgIpc) is 3.11. The number of nitrogens with zero attached hydrogens (tertiary/aromatic N) is 2. The topological polar surface area (TPSA) is 85.2 Å². The number of hydrogen-bond acceptors (Lipinski definition) is 5. The Bertz CT molecular complexity index is 956. The lowest BCUT2D eigenvalue weighted by Gasteiger charge is -2.30. The van der Waals surface area contributed by atoms with E-state index in [0.717, 1.165) is 49.8 Å². The van der Waals surface area contributed by atoms with Gasteiger partial charge in [-0.2, -0.15) is 5.26 Å². The third-order valence-corrected chi connectivity index (χ3v) is 7.11. The van der Waals surface area contributed by atoms with Crippen molar-refractivity contribution in [3.63, 3.8) is 0 Å². The fourth-order valence-electron chi connectivity index (χ4n) is 4.26. The van der Waals surface area contributed by atoms with Crippen LogP contribution in [0.3, 0.4) is 0 Å². The van der Waals surface area contributed by atoms with E-state index >= 15 is 0 Å². The highest BCUT2D eigenvalue weighted by atomic mass is 32.1. The van der Waals surface area contributed by atoms with Crippen LogP contribution in [0, 0.1) is 17.2 Å². The van der Waals surface area contributed by atoms with E-state index in [1.165, 1.54) is 4.88 Å². The Morgan fingerprint density at radius 3 is 2.57 bits per heavy atom. The van der Waals surface area contributed by atoms with Crippen molar-refractivity contribution in [2.75, 3.05) is 30.3 Å². The highest BCUT2D eigenvalue weighted by Crippen LogP contribution is 2.37. The van der Waals surface area contributed by atoms with Gasteiger partial charge in [0, 0.05) is 16.5 Å². The Hall–Kier alpha value is -2.69. The van der Waals surface area contributed by atoms with E-state index in [2.05, 4.69) is 21.6 Å². The van der Waals surface area contributed by atoms with Crippen molar-refractivity contribution in [1.29, 1.82) is 5.26 Å². The third kappa shape index (κ3) is 4.72. The number of anilines is 2. The number of aryl methyl sites for hydroxylation is 1. The van der Waals surface area contributed by atoms with Gasteiger partial charge in [-0.15, -0.1) is 11.3 Å². The number of carbonyl (C=O) groups excluding carboxylic acids is 2. The molecule has 2 aromatic rings. The lowest BCUT2D eigenvalue weighted by atomic mass is 9.95. The summed E-state index contributed by atoms with van der Waals surface area (Å²) < 4.78 is 0. The molecule has 7 heteroatoms. The number of para-hydroxylation sites is 1. The van der Waals surface area contributed by atoms with Crippen LogP contribution >= 0.6 is 11.3 Å². The molecule has 0 spiro atoms. The van der Waals surface area contributed by atoms with Crippen LogP contribution in [0.1, 0.15) is 41.7 Å². The van der Waals surface area contributed by atoms with Gasteiger partial charge < -0.3 is 10.6 Å². The molecule has 1 aliphatic carbocycles. The first kappa shape index (κ1) is 20.6. The van der Waals surface area contributed by atoms with Crippen LogP contribution in [0.15, 0.2) is 30.3 Å². The second-order valence-corrected chi connectivity index (χ2v) is 9.09. The Morgan fingerprint density at radius 1 is 1.10 bits per heavy atom.